The van der Waals surface area contributed by atoms with Crippen molar-refractivity contribution in [3.8, 4) is 0 Å². The molecule has 2 aromatic heterocycles. The molecule has 6 heteroatoms. The van der Waals surface area contributed by atoms with E-state index in [1.807, 2.05) is 49.4 Å². The van der Waals surface area contributed by atoms with Crippen LogP contribution in [0.5, 0.6) is 0 Å². The SMILES string of the molecule is CC1=Cc2cc3nccc(Nc4ccc5cn[nH]c5c4)c3cc2S1=O. The number of H-pyrrole nitrogens is 1. The Bertz CT molecular complexity index is 1210. The van der Waals surface area contributed by atoms with E-state index in [1.54, 1.807) is 12.4 Å². The molecule has 0 saturated heterocycles. The highest BCUT2D eigenvalue weighted by atomic mass is 32.2. The van der Waals surface area contributed by atoms with Crippen molar-refractivity contribution in [1.29, 1.82) is 0 Å². The van der Waals surface area contributed by atoms with E-state index < -0.39 is 10.8 Å². The number of benzene rings is 2. The van der Waals surface area contributed by atoms with E-state index in [-0.39, 0.29) is 0 Å². The number of nitrogens with one attached hydrogen (secondary N) is 2. The van der Waals surface area contributed by atoms with Crippen molar-refractivity contribution in [1.82, 2.24) is 15.2 Å². The number of nitrogens with zero attached hydrogens (tertiary/aromatic N) is 2. The monoisotopic (exact) mass is 346 g/mol. The third kappa shape index (κ3) is 2.26. The van der Waals surface area contributed by atoms with Crippen LogP contribution in [-0.2, 0) is 10.8 Å². The van der Waals surface area contributed by atoms with Crippen LogP contribution < -0.4 is 5.32 Å². The summed E-state index contributed by atoms with van der Waals surface area (Å²) in [6.07, 6.45) is 5.56. The predicted octanol–water partition coefficient (Wildman–Crippen LogP) is 4.34. The van der Waals surface area contributed by atoms with Crippen molar-refractivity contribution in [2.24, 2.45) is 0 Å². The summed E-state index contributed by atoms with van der Waals surface area (Å²) in [5.41, 5.74) is 4.75. The van der Waals surface area contributed by atoms with Gasteiger partial charge in [-0.2, -0.15) is 5.10 Å². The molecule has 122 valence electrons. The van der Waals surface area contributed by atoms with Crippen LogP contribution >= 0.6 is 0 Å². The maximum atomic E-state index is 12.4. The first-order valence-corrected chi connectivity index (χ1v) is 9.07. The fourth-order valence-corrected chi connectivity index (χ4v) is 4.33. The number of rotatable bonds is 2. The second kappa shape index (κ2) is 5.26. The molecule has 0 bridgehead atoms. The number of aromatic amines is 1. The van der Waals surface area contributed by atoms with E-state index in [0.29, 0.717) is 0 Å². The highest BCUT2D eigenvalue weighted by Crippen LogP contribution is 2.35. The van der Waals surface area contributed by atoms with Crippen molar-refractivity contribution in [3.63, 3.8) is 0 Å². The van der Waals surface area contributed by atoms with Gasteiger partial charge in [-0.1, -0.05) is 0 Å². The van der Waals surface area contributed by atoms with Gasteiger partial charge in [0.1, 0.15) is 0 Å². The summed E-state index contributed by atoms with van der Waals surface area (Å²) in [4.78, 5) is 6.20. The minimum Gasteiger partial charge on any atom is -0.355 e. The van der Waals surface area contributed by atoms with Crippen LogP contribution in [0.1, 0.15) is 12.5 Å². The number of anilines is 2. The molecule has 1 aliphatic heterocycles. The molecule has 0 fully saturated rings. The molecule has 3 heterocycles. The van der Waals surface area contributed by atoms with Crippen LogP contribution in [0.15, 0.2) is 58.6 Å². The van der Waals surface area contributed by atoms with Gasteiger partial charge in [0.15, 0.2) is 0 Å². The molecule has 2 aromatic carbocycles. The van der Waals surface area contributed by atoms with Crippen molar-refractivity contribution in [3.05, 3.63) is 59.3 Å². The maximum Gasteiger partial charge on any atom is 0.0812 e. The maximum absolute atomic E-state index is 12.4. The Balaban J connectivity index is 1.63. The zero-order valence-corrected chi connectivity index (χ0v) is 14.2. The molecule has 0 radical (unpaired) electrons. The number of hydrogen-bond acceptors (Lipinski definition) is 4. The van der Waals surface area contributed by atoms with Gasteiger partial charge in [-0.3, -0.25) is 10.1 Å². The first-order valence-electron chi connectivity index (χ1n) is 7.92. The van der Waals surface area contributed by atoms with E-state index in [1.165, 1.54) is 0 Å². The number of pyridine rings is 1. The largest absolute Gasteiger partial charge is 0.355 e. The molecular formula is C19H14N4OS. The summed E-state index contributed by atoms with van der Waals surface area (Å²) in [5, 5.41) is 12.5. The molecule has 4 aromatic rings. The van der Waals surface area contributed by atoms with Gasteiger partial charge in [-0.15, -0.1) is 0 Å². The zero-order valence-electron chi connectivity index (χ0n) is 13.4. The Morgan fingerprint density at radius 3 is 3.00 bits per heavy atom. The van der Waals surface area contributed by atoms with Crippen LogP contribution in [0.25, 0.3) is 27.9 Å². The van der Waals surface area contributed by atoms with Gasteiger partial charge in [0.05, 0.1) is 32.9 Å². The van der Waals surface area contributed by atoms with Gasteiger partial charge in [0.2, 0.25) is 0 Å². The molecule has 5 rings (SSSR count). The molecule has 2 N–H and O–H groups in total. The topological polar surface area (TPSA) is 70.7 Å². The molecule has 1 unspecified atom stereocenters. The van der Waals surface area contributed by atoms with Gasteiger partial charge in [-0.05, 0) is 55.0 Å². The molecule has 0 amide bonds. The minimum atomic E-state index is -1.07. The number of hydrogen-bond donors (Lipinski definition) is 2. The van der Waals surface area contributed by atoms with Crippen molar-refractivity contribution in [2.75, 3.05) is 5.32 Å². The van der Waals surface area contributed by atoms with Crippen LogP contribution in [0, 0.1) is 0 Å². The fourth-order valence-electron chi connectivity index (χ4n) is 3.19. The van der Waals surface area contributed by atoms with Crippen LogP contribution in [-0.4, -0.2) is 19.4 Å². The normalized spacial score (nSPS) is 16.2. The molecular weight excluding hydrogens is 332 g/mol. The van der Waals surface area contributed by atoms with Crippen LogP contribution in [0.2, 0.25) is 0 Å². The van der Waals surface area contributed by atoms with Crippen molar-refractivity contribution in [2.45, 2.75) is 11.8 Å². The summed E-state index contributed by atoms with van der Waals surface area (Å²) in [6, 6.07) is 12.0. The Hall–Kier alpha value is -2.99. The Morgan fingerprint density at radius 1 is 1.16 bits per heavy atom. The van der Waals surface area contributed by atoms with E-state index >= 15 is 0 Å². The first kappa shape index (κ1) is 14.4. The predicted molar refractivity (Wildman–Crippen MR) is 101 cm³/mol. The Kier molecular flexibility index (Phi) is 3.02. The Labute approximate surface area is 146 Å². The quantitative estimate of drug-likeness (QED) is 0.566. The molecule has 0 aliphatic carbocycles. The highest BCUT2D eigenvalue weighted by Gasteiger charge is 2.19. The summed E-state index contributed by atoms with van der Waals surface area (Å²) >= 11 is 0. The van der Waals surface area contributed by atoms with Gasteiger partial charge in [0, 0.05) is 33.2 Å². The molecule has 5 nitrogen and oxygen atoms in total. The summed E-state index contributed by atoms with van der Waals surface area (Å²) < 4.78 is 12.4. The number of allylic oxidation sites excluding steroid dienone is 1. The lowest BCUT2D eigenvalue weighted by Crippen LogP contribution is -1.95. The second-order valence-corrected chi connectivity index (χ2v) is 7.71. The van der Waals surface area contributed by atoms with E-state index in [4.69, 9.17) is 0 Å². The van der Waals surface area contributed by atoms with Gasteiger partial charge >= 0.3 is 0 Å². The van der Waals surface area contributed by atoms with E-state index in [0.717, 1.165) is 48.5 Å². The smallest absolute Gasteiger partial charge is 0.0812 e. The minimum absolute atomic E-state index is 0.852. The molecule has 1 aliphatic rings. The third-order valence-corrected chi connectivity index (χ3v) is 5.90. The lowest BCUT2D eigenvalue weighted by Gasteiger charge is -2.11. The highest BCUT2D eigenvalue weighted by molar-refractivity contribution is 7.89. The van der Waals surface area contributed by atoms with Gasteiger partial charge in [-0.25, -0.2) is 4.21 Å². The fraction of sp³-hybridized carbons (Fsp3) is 0.0526. The lowest BCUT2D eigenvalue weighted by molar-refractivity contribution is 0.687. The molecule has 1 atom stereocenters. The first-order chi connectivity index (χ1) is 12.2. The molecule has 25 heavy (non-hydrogen) atoms. The lowest BCUT2D eigenvalue weighted by atomic mass is 10.1. The number of aromatic nitrogens is 3. The average Bonchev–Trinajstić information content (AvgIpc) is 3.18. The van der Waals surface area contributed by atoms with E-state index in [2.05, 4.69) is 20.5 Å². The van der Waals surface area contributed by atoms with Gasteiger partial charge in [0.25, 0.3) is 0 Å². The second-order valence-electron chi connectivity index (χ2n) is 6.09. The van der Waals surface area contributed by atoms with Crippen molar-refractivity contribution < 1.29 is 4.21 Å². The van der Waals surface area contributed by atoms with Crippen LogP contribution in [0.4, 0.5) is 11.4 Å². The molecule has 0 saturated carbocycles. The van der Waals surface area contributed by atoms with Gasteiger partial charge < -0.3 is 5.32 Å². The third-order valence-electron chi connectivity index (χ3n) is 4.44. The average molecular weight is 346 g/mol. The summed E-state index contributed by atoms with van der Waals surface area (Å²) in [5.74, 6) is 0. The molecule has 0 spiro atoms. The number of fused-ring (bicyclic) bond motifs is 3. The Morgan fingerprint density at radius 2 is 2.08 bits per heavy atom. The zero-order chi connectivity index (χ0) is 17.0. The standard InChI is InChI=1S/C19H14N4OS/c1-11-6-13-7-18-15(9-19(13)25(11)24)16(4-5-20-18)22-14-3-2-12-10-21-23-17(12)8-14/h2-10H,1H3,(H,20,22)(H,21,23). The van der Waals surface area contributed by atoms with Crippen LogP contribution in [0.3, 0.4) is 0 Å². The summed E-state index contributed by atoms with van der Waals surface area (Å²) in [6.45, 7) is 1.90. The van der Waals surface area contributed by atoms with Crippen molar-refractivity contribution >= 4 is 50.1 Å². The van der Waals surface area contributed by atoms with E-state index in [9.17, 15) is 4.21 Å². The summed E-state index contributed by atoms with van der Waals surface area (Å²) in [7, 11) is -1.07.